The fourth-order valence-electron chi connectivity index (χ4n) is 2.74. The number of thioether (sulfide) groups is 1. The van der Waals surface area contributed by atoms with Crippen molar-refractivity contribution >= 4 is 35.2 Å². The predicted octanol–water partition coefficient (Wildman–Crippen LogP) is 2.46. The summed E-state index contributed by atoms with van der Waals surface area (Å²) in [7, 11) is 0. The highest BCUT2D eigenvalue weighted by atomic mass is 35.5. The first-order valence-corrected chi connectivity index (χ1v) is 9.98. The Morgan fingerprint density at radius 2 is 2.04 bits per heavy atom. The number of nitrogens with one attached hydrogen (secondary N) is 2. The van der Waals surface area contributed by atoms with E-state index >= 15 is 0 Å². The van der Waals surface area contributed by atoms with Gasteiger partial charge < -0.3 is 15.5 Å². The second-order valence-electron chi connectivity index (χ2n) is 6.31. The van der Waals surface area contributed by atoms with E-state index in [1.54, 1.807) is 0 Å². The predicted molar refractivity (Wildman–Crippen MR) is 103 cm³/mol. The average Bonchev–Trinajstić information content (AvgIpc) is 3.07. The van der Waals surface area contributed by atoms with Crippen molar-refractivity contribution in [3.63, 3.8) is 0 Å². The third-order valence-electron chi connectivity index (χ3n) is 4.18. The van der Waals surface area contributed by atoms with E-state index in [0.29, 0.717) is 17.3 Å². The van der Waals surface area contributed by atoms with Crippen LogP contribution in [-0.4, -0.2) is 54.7 Å². The summed E-state index contributed by atoms with van der Waals surface area (Å²) in [6.45, 7) is 7.06. The van der Waals surface area contributed by atoms with E-state index in [-0.39, 0.29) is 11.8 Å². The number of likely N-dealkylation sites (tertiary alicyclic amines) is 1. The van der Waals surface area contributed by atoms with Crippen LogP contribution >= 0.6 is 23.4 Å². The minimum atomic E-state index is -0.554. The Hall–Kier alpha value is -1.24. The maximum Gasteiger partial charge on any atom is 0.243 e. The molecule has 1 atom stereocenters. The molecule has 1 aromatic rings. The van der Waals surface area contributed by atoms with Crippen molar-refractivity contribution in [3.05, 3.63) is 28.8 Å². The number of aryl methyl sites for hydroxylation is 1. The Kier molecular flexibility index (Phi) is 8.06. The molecule has 0 spiro atoms. The van der Waals surface area contributed by atoms with Crippen LogP contribution in [0.3, 0.4) is 0 Å². The van der Waals surface area contributed by atoms with Gasteiger partial charge in [-0.15, -0.1) is 11.8 Å². The lowest BCUT2D eigenvalue weighted by Crippen LogP contribution is -2.49. The average molecular weight is 384 g/mol. The van der Waals surface area contributed by atoms with E-state index in [2.05, 4.69) is 15.5 Å². The molecule has 1 unspecified atom stereocenters. The highest BCUT2D eigenvalue weighted by Crippen LogP contribution is 2.25. The van der Waals surface area contributed by atoms with Crippen molar-refractivity contribution in [3.8, 4) is 0 Å². The lowest BCUT2D eigenvalue weighted by molar-refractivity contribution is -0.127. The van der Waals surface area contributed by atoms with Crippen molar-refractivity contribution in [1.82, 2.24) is 15.5 Å². The molecule has 138 valence electrons. The number of rotatable bonds is 8. The Bertz CT molecular complexity index is 606. The number of hydrogen-bond acceptors (Lipinski definition) is 4. The zero-order valence-corrected chi connectivity index (χ0v) is 16.4. The van der Waals surface area contributed by atoms with Crippen molar-refractivity contribution in [2.24, 2.45) is 0 Å². The fraction of sp³-hybridized carbons (Fsp3) is 0.556. The van der Waals surface area contributed by atoms with Gasteiger partial charge in [0.1, 0.15) is 6.04 Å². The van der Waals surface area contributed by atoms with Gasteiger partial charge in [-0.3, -0.25) is 9.59 Å². The molecule has 1 fully saturated rings. The normalized spacial score (nSPS) is 15.8. The number of nitrogens with zero attached hydrogens (tertiary/aromatic N) is 1. The summed E-state index contributed by atoms with van der Waals surface area (Å²) in [6, 6.07) is 5.26. The quantitative estimate of drug-likeness (QED) is 0.677. The van der Waals surface area contributed by atoms with Gasteiger partial charge in [0.25, 0.3) is 0 Å². The van der Waals surface area contributed by atoms with E-state index < -0.39 is 6.04 Å². The molecule has 1 aliphatic rings. The molecule has 2 N–H and O–H groups in total. The first kappa shape index (κ1) is 20.1. The van der Waals surface area contributed by atoms with Gasteiger partial charge in [-0.05, 0) is 50.6 Å². The Balaban J connectivity index is 1.84. The molecule has 0 aliphatic carbocycles. The Labute approximate surface area is 158 Å². The van der Waals surface area contributed by atoms with E-state index in [1.807, 2.05) is 25.1 Å². The van der Waals surface area contributed by atoms with Crippen molar-refractivity contribution in [1.29, 1.82) is 0 Å². The Morgan fingerprint density at radius 3 is 2.68 bits per heavy atom. The van der Waals surface area contributed by atoms with Gasteiger partial charge in [-0.25, -0.2) is 0 Å². The van der Waals surface area contributed by atoms with Gasteiger partial charge in [0.05, 0.1) is 0 Å². The van der Waals surface area contributed by atoms with Crippen LogP contribution in [0.1, 0.15) is 25.3 Å². The number of hydrogen-bond donors (Lipinski definition) is 2. The van der Waals surface area contributed by atoms with Crippen molar-refractivity contribution < 1.29 is 9.59 Å². The Morgan fingerprint density at radius 1 is 1.32 bits per heavy atom. The van der Waals surface area contributed by atoms with Crippen LogP contribution in [0.25, 0.3) is 0 Å². The van der Waals surface area contributed by atoms with E-state index in [9.17, 15) is 9.59 Å². The molecule has 1 heterocycles. The molecule has 1 aliphatic heterocycles. The smallest absolute Gasteiger partial charge is 0.243 e. The molecule has 2 amide bonds. The summed E-state index contributed by atoms with van der Waals surface area (Å²) in [6.07, 6.45) is 2.47. The van der Waals surface area contributed by atoms with E-state index in [0.717, 1.165) is 30.1 Å². The minimum Gasteiger partial charge on any atom is -0.353 e. The molecule has 25 heavy (non-hydrogen) atoms. The molecule has 0 saturated carbocycles. The molecule has 1 aromatic carbocycles. The SMILES string of the molecule is CC(=O)NC(CSc1ccc(C)c(Cl)c1)C(=O)NCCN1CCCC1. The van der Waals surface area contributed by atoms with Crippen LogP contribution in [0.5, 0.6) is 0 Å². The van der Waals surface area contributed by atoms with Gasteiger partial charge >= 0.3 is 0 Å². The number of halogens is 1. The number of carbonyl (C=O) groups is 2. The van der Waals surface area contributed by atoms with Gasteiger partial charge in [0.15, 0.2) is 0 Å². The zero-order valence-electron chi connectivity index (χ0n) is 14.8. The number of carbonyl (C=O) groups excluding carboxylic acids is 2. The fourth-order valence-corrected chi connectivity index (χ4v) is 3.94. The summed E-state index contributed by atoms with van der Waals surface area (Å²) in [5.74, 6) is 0.122. The maximum absolute atomic E-state index is 12.4. The number of amides is 2. The molecule has 0 aromatic heterocycles. The third kappa shape index (κ3) is 6.88. The first-order chi connectivity index (χ1) is 12.0. The summed E-state index contributed by atoms with van der Waals surface area (Å²) in [5, 5.41) is 6.38. The first-order valence-electron chi connectivity index (χ1n) is 8.62. The lowest BCUT2D eigenvalue weighted by Gasteiger charge is -2.19. The molecule has 7 heteroatoms. The maximum atomic E-state index is 12.4. The summed E-state index contributed by atoms with van der Waals surface area (Å²) >= 11 is 7.65. The third-order valence-corrected chi connectivity index (χ3v) is 5.67. The standard InChI is InChI=1S/C18H26ClN3O2S/c1-13-5-6-15(11-16(13)19)25-12-17(21-14(2)23)18(24)20-7-10-22-8-3-4-9-22/h5-6,11,17H,3-4,7-10,12H2,1-2H3,(H,20,24)(H,21,23). The van der Waals surface area contributed by atoms with Gasteiger partial charge in [0, 0.05) is 35.7 Å². The summed E-state index contributed by atoms with van der Waals surface area (Å²) < 4.78 is 0. The van der Waals surface area contributed by atoms with Gasteiger partial charge in [-0.2, -0.15) is 0 Å². The van der Waals surface area contributed by atoms with Crippen LogP contribution in [0, 0.1) is 6.92 Å². The highest BCUT2D eigenvalue weighted by Gasteiger charge is 2.20. The van der Waals surface area contributed by atoms with Crippen LogP contribution < -0.4 is 10.6 Å². The second-order valence-corrected chi connectivity index (χ2v) is 7.82. The summed E-state index contributed by atoms with van der Waals surface area (Å²) in [4.78, 5) is 27.2. The summed E-state index contributed by atoms with van der Waals surface area (Å²) in [5.41, 5.74) is 1.02. The van der Waals surface area contributed by atoms with Gasteiger partial charge in [0.2, 0.25) is 11.8 Å². The molecular formula is C18H26ClN3O2S. The lowest BCUT2D eigenvalue weighted by atomic mass is 10.2. The molecule has 0 radical (unpaired) electrons. The largest absolute Gasteiger partial charge is 0.353 e. The monoisotopic (exact) mass is 383 g/mol. The zero-order chi connectivity index (χ0) is 18.2. The van der Waals surface area contributed by atoms with Crippen molar-refractivity contribution in [2.45, 2.75) is 37.6 Å². The number of benzene rings is 1. The molecular weight excluding hydrogens is 358 g/mol. The van der Waals surface area contributed by atoms with Crippen LogP contribution in [-0.2, 0) is 9.59 Å². The highest BCUT2D eigenvalue weighted by molar-refractivity contribution is 7.99. The minimum absolute atomic E-state index is 0.139. The van der Waals surface area contributed by atoms with E-state index in [4.69, 9.17) is 11.6 Å². The molecule has 0 bridgehead atoms. The van der Waals surface area contributed by atoms with Crippen LogP contribution in [0.4, 0.5) is 0 Å². The van der Waals surface area contributed by atoms with Gasteiger partial charge in [-0.1, -0.05) is 17.7 Å². The topological polar surface area (TPSA) is 61.4 Å². The molecule has 5 nitrogen and oxygen atoms in total. The molecule has 2 rings (SSSR count). The van der Waals surface area contributed by atoms with Crippen LogP contribution in [0.2, 0.25) is 5.02 Å². The second kappa shape index (κ2) is 10.0. The van der Waals surface area contributed by atoms with Crippen LogP contribution in [0.15, 0.2) is 23.1 Å². The van der Waals surface area contributed by atoms with Crippen molar-refractivity contribution in [2.75, 3.05) is 31.9 Å². The van der Waals surface area contributed by atoms with E-state index in [1.165, 1.54) is 31.5 Å². The molecule has 1 saturated heterocycles.